The van der Waals surface area contributed by atoms with E-state index in [1.165, 1.54) is 0 Å². The van der Waals surface area contributed by atoms with E-state index >= 15 is 0 Å². The Kier molecular flexibility index (Phi) is 4.47. The number of aromatic nitrogens is 2. The van der Waals surface area contributed by atoms with Crippen molar-refractivity contribution in [2.45, 2.75) is 13.0 Å². The van der Waals surface area contributed by atoms with Crippen LogP contribution in [0.1, 0.15) is 28.9 Å². The maximum atomic E-state index is 12.6. The molecular weight excluding hydrogens is 334 g/mol. The van der Waals surface area contributed by atoms with Crippen molar-refractivity contribution in [1.29, 1.82) is 0 Å². The Morgan fingerprint density at radius 1 is 1.04 bits per heavy atom. The van der Waals surface area contributed by atoms with Crippen LogP contribution in [0, 0.1) is 0 Å². The lowest BCUT2D eigenvalue weighted by Gasteiger charge is -2.15. The molecule has 0 bridgehead atoms. The van der Waals surface area contributed by atoms with Crippen LogP contribution in [0.3, 0.4) is 0 Å². The largest absolute Gasteiger partial charge is 0.351 e. The van der Waals surface area contributed by atoms with Crippen LogP contribution in [0.5, 0.6) is 0 Å². The Morgan fingerprint density at radius 3 is 2.59 bits per heavy atom. The molecule has 4 aromatic rings. The number of carbonyl (C=O) groups excluding carboxylic acids is 1. The molecule has 2 heterocycles. The smallest absolute Gasteiger partial charge is 0.251 e. The van der Waals surface area contributed by atoms with E-state index in [4.69, 9.17) is 0 Å². The zero-order valence-electron chi connectivity index (χ0n) is 15.4. The minimum Gasteiger partial charge on any atom is -0.351 e. The van der Waals surface area contributed by atoms with Crippen molar-refractivity contribution in [3.8, 4) is 11.1 Å². The number of hydrogen-bond donors (Lipinski definition) is 1. The zero-order valence-corrected chi connectivity index (χ0v) is 15.4. The lowest BCUT2D eigenvalue weighted by Crippen LogP contribution is -2.26. The molecule has 1 unspecified atom stereocenters. The van der Waals surface area contributed by atoms with Crippen LogP contribution in [-0.2, 0) is 7.05 Å². The van der Waals surface area contributed by atoms with Crippen molar-refractivity contribution in [1.82, 2.24) is 14.9 Å². The Bertz CT molecular complexity index is 1080. The SMILES string of the molecule is CC(NC(=O)c1ccc2c(ccn2C)c1)c1ccc(-c2cccnc2)cc1. The molecule has 1 N–H and O–H groups in total. The van der Waals surface area contributed by atoms with Gasteiger partial charge in [0.1, 0.15) is 0 Å². The molecule has 0 spiro atoms. The minimum absolute atomic E-state index is 0.0652. The predicted octanol–water partition coefficient (Wildman–Crippen LogP) is 4.73. The zero-order chi connectivity index (χ0) is 18.8. The molecule has 2 aromatic carbocycles. The molecule has 4 heteroatoms. The van der Waals surface area contributed by atoms with Gasteiger partial charge in [0.15, 0.2) is 0 Å². The summed E-state index contributed by atoms with van der Waals surface area (Å²) < 4.78 is 2.05. The van der Waals surface area contributed by atoms with Gasteiger partial charge in [-0.15, -0.1) is 0 Å². The second kappa shape index (κ2) is 7.08. The van der Waals surface area contributed by atoms with E-state index in [2.05, 4.69) is 22.4 Å². The average Bonchev–Trinajstić information content (AvgIpc) is 3.09. The molecule has 4 nitrogen and oxygen atoms in total. The summed E-state index contributed by atoms with van der Waals surface area (Å²) >= 11 is 0. The highest BCUT2D eigenvalue weighted by molar-refractivity contribution is 5.98. The van der Waals surface area contributed by atoms with Crippen LogP contribution in [0.4, 0.5) is 0 Å². The molecular formula is C23H21N3O. The fourth-order valence-electron chi connectivity index (χ4n) is 3.28. The topological polar surface area (TPSA) is 46.9 Å². The van der Waals surface area contributed by atoms with Crippen LogP contribution in [0.25, 0.3) is 22.0 Å². The first-order chi connectivity index (χ1) is 13.1. The quantitative estimate of drug-likeness (QED) is 0.575. The second-order valence-corrected chi connectivity index (χ2v) is 6.76. The third kappa shape index (κ3) is 3.47. The van der Waals surface area contributed by atoms with Crippen LogP contribution in [-0.4, -0.2) is 15.5 Å². The molecule has 0 aliphatic carbocycles. The molecule has 4 rings (SSSR count). The van der Waals surface area contributed by atoms with Gasteiger partial charge in [-0.25, -0.2) is 0 Å². The minimum atomic E-state index is -0.0769. The summed E-state index contributed by atoms with van der Waals surface area (Å²) in [7, 11) is 2.00. The Balaban J connectivity index is 1.49. The van der Waals surface area contributed by atoms with E-state index in [1.807, 2.05) is 79.5 Å². The Labute approximate surface area is 158 Å². The number of aryl methyl sites for hydroxylation is 1. The second-order valence-electron chi connectivity index (χ2n) is 6.76. The molecule has 134 valence electrons. The van der Waals surface area contributed by atoms with Gasteiger partial charge >= 0.3 is 0 Å². The van der Waals surface area contributed by atoms with Crippen molar-refractivity contribution in [2.24, 2.45) is 7.05 Å². The van der Waals surface area contributed by atoms with E-state index in [1.54, 1.807) is 6.20 Å². The van der Waals surface area contributed by atoms with Crippen LogP contribution < -0.4 is 5.32 Å². The third-order valence-electron chi connectivity index (χ3n) is 4.90. The van der Waals surface area contributed by atoms with Gasteiger partial charge in [-0.1, -0.05) is 30.3 Å². The normalized spacial score (nSPS) is 12.1. The van der Waals surface area contributed by atoms with Crippen LogP contribution in [0.2, 0.25) is 0 Å². The van der Waals surface area contributed by atoms with Crippen LogP contribution >= 0.6 is 0 Å². The van der Waals surface area contributed by atoms with Crippen molar-refractivity contribution in [3.05, 3.63) is 90.4 Å². The molecule has 2 aromatic heterocycles. The highest BCUT2D eigenvalue weighted by Gasteiger charge is 2.12. The molecule has 0 fully saturated rings. The van der Waals surface area contributed by atoms with Gasteiger partial charge in [0.05, 0.1) is 6.04 Å². The molecule has 0 saturated heterocycles. The number of carbonyl (C=O) groups is 1. The van der Waals surface area contributed by atoms with E-state index < -0.39 is 0 Å². The number of benzene rings is 2. The van der Waals surface area contributed by atoms with Gasteiger partial charge in [-0.05, 0) is 53.9 Å². The molecule has 1 atom stereocenters. The third-order valence-corrected chi connectivity index (χ3v) is 4.90. The fraction of sp³-hybridized carbons (Fsp3) is 0.130. The molecule has 27 heavy (non-hydrogen) atoms. The number of fused-ring (bicyclic) bond motifs is 1. The number of rotatable bonds is 4. The van der Waals surface area contributed by atoms with E-state index in [-0.39, 0.29) is 11.9 Å². The summed E-state index contributed by atoms with van der Waals surface area (Å²) in [5, 5.41) is 4.15. The lowest BCUT2D eigenvalue weighted by molar-refractivity contribution is 0.0940. The Hall–Kier alpha value is -3.40. The first-order valence-electron chi connectivity index (χ1n) is 8.98. The molecule has 1 amide bonds. The lowest BCUT2D eigenvalue weighted by atomic mass is 10.0. The fourth-order valence-corrected chi connectivity index (χ4v) is 3.28. The highest BCUT2D eigenvalue weighted by Crippen LogP contribution is 2.22. The van der Waals surface area contributed by atoms with E-state index in [0.29, 0.717) is 5.56 Å². The van der Waals surface area contributed by atoms with E-state index in [9.17, 15) is 4.79 Å². The van der Waals surface area contributed by atoms with Gasteiger partial charge in [0.25, 0.3) is 5.91 Å². The van der Waals surface area contributed by atoms with Crippen LogP contribution in [0.15, 0.2) is 79.3 Å². The summed E-state index contributed by atoms with van der Waals surface area (Å²) in [6.07, 6.45) is 5.61. The summed E-state index contributed by atoms with van der Waals surface area (Å²) in [5.41, 5.74) is 5.05. The van der Waals surface area contributed by atoms with Gasteiger partial charge in [-0.3, -0.25) is 9.78 Å². The highest BCUT2D eigenvalue weighted by atomic mass is 16.1. The first kappa shape index (κ1) is 17.0. The van der Waals surface area contributed by atoms with Crippen molar-refractivity contribution in [2.75, 3.05) is 0 Å². The number of amides is 1. The van der Waals surface area contributed by atoms with Gasteiger partial charge in [-0.2, -0.15) is 0 Å². The summed E-state index contributed by atoms with van der Waals surface area (Å²) in [5.74, 6) is -0.0652. The van der Waals surface area contributed by atoms with Crippen molar-refractivity contribution >= 4 is 16.8 Å². The number of nitrogens with one attached hydrogen (secondary N) is 1. The molecule has 0 saturated carbocycles. The van der Waals surface area contributed by atoms with Gasteiger partial charge < -0.3 is 9.88 Å². The van der Waals surface area contributed by atoms with Crippen molar-refractivity contribution in [3.63, 3.8) is 0 Å². The number of nitrogens with zero attached hydrogens (tertiary/aromatic N) is 2. The average molecular weight is 355 g/mol. The molecule has 0 aliphatic heterocycles. The predicted molar refractivity (Wildman–Crippen MR) is 108 cm³/mol. The van der Waals surface area contributed by atoms with Crippen molar-refractivity contribution < 1.29 is 4.79 Å². The monoisotopic (exact) mass is 355 g/mol. The first-order valence-corrected chi connectivity index (χ1v) is 8.98. The summed E-state index contributed by atoms with van der Waals surface area (Å²) in [6, 6.07) is 19.9. The number of hydrogen-bond acceptors (Lipinski definition) is 2. The standard InChI is InChI=1S/C23H21N3O/c1-16(17-5-7-18(8-6-17)21-4-3-12-24-15-21)25-23(27)20-9-10-22-19(14-20)11-13-26(22)2/h3-16H,1-2H3,(H,25,27). The van der Waals surface area contributed by atoms with E-state index in [0.717, 1.165) is 27.6 Å². The maximum absolute atomic E-state index is 12.6. The summed E-state index contributed by atoms with van der Waals surface area (Å²) in [6.45, 7) is 2.00. The summed E-state index contributed by atoms with van der Waals surface area (Å²) in [4.78, 5) is 16.8. The number of pyridine rings is 1. The maximum Gasteiger partial charge on any atom is 0.251 e. The molecule has 0 radical (unpaired) electrons. The van der Waals surface area contributed by atoms with Gasteiger partial charge in [0, 0.05) is 42.1 Å². The molecule has 0 aliphatic rings. The Morgan fingerprint density at radius 2 is 1.85 bits per heavy atom. The van der Waals surface area contributed by atoms with Gasteiger partial charge in [0.2, 0.25) is 0 Å².